The number of piperidine rings is 1. The van der Waals surface area contributed by atoms with E-state index in [1.807, 2.05) is 12.1 Å². The summed E-state index contributed by atoms with van der Waals surface area (Å²) in [6.45, 7) is 2.00. The quantitative estimate of drug-likeness (QED) is 0.517. The Bertz CT molecular complexity index is 707. The van der Waals surface area contributed by atoms with Crippen LogP contribution in [0.3, 0.4) is 0 Å². The zero-order valence-electron chi connectivity index (χ0n) is 12.5. The Morgan fingerprint density at radius 2 is 2.13 bits per heavy atom. The van der Waals surface area contributed by atoms with Crippen LogP contribution in [0, 0.1) is 10.1 Å². The van der Waals surface area contributed by atoms with Crippen LogP contribution in [0.1, 0.15) is 25.0 Å². The molecule has 0 aromatic carbocycles. The SMILES string of the molecule is O=[N+]([O-])c1cccnc1N/N=C\c1ccc(N2CCCCC2)o1. The van der Waals surface area contributed by atoms with Gasteiger partial charge in [0.25, 0.3) is 0 Å². The van der Waals surface area contributed by atoms with Gasteiger partial charge in [-0.2, -0.15) is 5.10 Å². The molecule has 2 aromatic rings. The second-order valence-corrected chi connectivity index (χ2v) is 5.22. The monoisotopic (exact) mass is 315 g/mol. The minimum atomic E-state index is -0.508. The van der Waals surface area contributed by atoms with Gasteiger partial charge in [-0.15, -0.1) is 0 Å². The van der Waals surface area contributed by atoms with E-state index < -0.39 is 4.92 Å². The number of aromatic nitrogens is 1. The van der Waals surface area contributed by atoms with E-state index in [1.54, 1.807) is 0 Å². The largest absolute Gasteiger partial charge is 0.440 e. The van der Waals surface area contributed by atoms with Gasteiger partial charge >= 0.3 is 5.69 Å². The highest BCUT2D eigenvalue weighted by Gasteiger charge is 2.14. The Hall–Kier alpha value is -2.90. The van der Waals surface area contributed by atoms with Crippen molar-refractivity contribution in [2.24, 2.45) is 5.10 Å². The molecule has 1 fully saturated rings. The number of hydrogen-bond donors (Lipinski definition) is 1. The number of pyridine rings is 1. The first kappa shape index (κ1) is 15.0. The molecule has 120 valence electrons. The molecule has 0 bridgehead atoms. The van der Waals surface area contributed by atoms with Crippen molar-refractivity contribution in [1.82, 2.24) is 4.98 Å². The number of nitrogens with one attached hydrogen (secondary N) is 1. The summed E-state index contributed by atoms with van der Waals surface area (Å²) in [7, 11) is 0. The minimum absolute atomic E-state index is 0.0940. The molecule has 3 rings (SSSR count). The van der Waals surface area contributed by atoms with E-state index in [2.05, 4.69) is 20.4 Å². The number of hydrogen-bond acceptors (Lipinski definition) is 7. The van der Waals surface area contributed by atoms with Gasteiger partial charge < -0.3 is 9.32 Å². The lowest BCUT2D eigenvalue weighted by Crippen LogP contribution is -2.28. The molecular formula is C15H17N5O3. The predicted molar refractivity (Wildman–Crippen MR) is 86.9 cm³/mol. The van der Waals surface area contributed by atoms with Crippen molar-refractivity contribution in [3.05, 3.63) is 46.3 Å². The van der Waals surface area contributed by atoms with Crippen LogP contribution in [0.5, 0.6) is 0 Å². The van der Waals surface area contributed by atoms with Crippen LogP contribution < -0.4 is 10.3 Å². The van der Waals surface area contributed by atoms with Crippen molar-refractivity contribution in [2.75, 3.05) is 23.4 Å². The van der Waals surface area contributed by atoms with Crippen molar-refractivity contribution in [3.63, 3.8) is 0 Å². The van der Waals surface area contributed by atoms with E-state index in [4.69, 9.17) is 4.42 Å². The number of nitro groups is 1. The summed E-state index contributed by atoms with van der Waals surface area (Å²) in [4.78, 5) is 16.5. The molecule has 8 heteroatoms. The van der Waals surface area contributed by atoms with Gasteiger partial charge in [-0.1, -0.05) is 0 Å². The second kappa shape index (κ2) is 6.91. The molecule has 2 aromatic heterocycles. The van der Waals surface area contributed by atoms with Crippen LogP contribution in [0.4, 0.5) is 17.4 Å². The number of hydrazone groups is 1. The molecule has 0 unspecified atom stereocenters. The van der Waals surface area contributed by atoms with E-state index in [0.29, 0.717) is 5.76 Å². The first-order chi connectivity index (χ1) is 11.2. The van der Waals surface area contributed by atoms with Crippen LogP contribution in [0.15, 0.2) is 40.0 Å². The minimum Gasteiger partial charge on any atom is -0.440 e. The zero-order valence-corrected chi connectivity index (χ0v) is 12.5. The highest BCUT2D eigenvalue weighted by atomic mass is 16.6. The standard InChI is InChI=1S/C15H17N5O3/c21-20(22)13-5-4-8-16-15(13)18-17-11-12-6-7-14(23-12)19-9-2-1-3-10-19/h4-8,11H,1-3,9-10H2,(H,16,18)/b17-11-. The second-order valence-electron chi connectivity index (χ2n) is 5.22. The van der Waals surface area contributed by atoms with E-state index in [0.717, 1.165) is 19.0 Å². The fourth-order valence-electron chi connectivity index (χ4n) is 2.48. The summed E-state index contributed by atoms with van der Waals surface area (Å²) in [5.74, 6) is 1.50. The number of rotatable bonds is 5. The molecule has 1 aliphatic rings. The van der Waals surface area contributed by atoms with Gasteiger partial charge in [-0.25, -0.2) is 4.98 Å². The average molecular weight is 315 g/mol. The topological polar surface area (TPSA) is 96.8 Å². The summed E-state index contributed by atoms with van der Waals surface area (Å²) < 4.78 is 5.72. The van der Waals surface area contributed by atoms with Crippen LogP contribution in [0.2, 0.25) is 0 Å². The molecule has 0 spiro atoms. The number of anilines is 2. The first-order valence-corrected chi connectivity index (χ1v) is 7.47. The molecule has 1 aliphatic heterocycles. The Morgan fingerprint density at radius 1 is 1.30 bits per heavy atom. The van der Waals surface area contributed by atoms with Gasteiger partial charge in [0.15, 0.2) is 5.88 Å². The van der Waals surface area contributed by atoms with Gasteiger partial charge in [0, 0.05) is 31.4 Å². The van der Waals surface area contributed by atoms with Crippen molar-refractivity contribution in [3.8, 4) is 0 Å². The average Bonchev–Trinajstić information content (AvgIpc) is 3.05. The van der Waals surface area contributed by atoms with Gasteiger partial charge in [-0.05, 0) is 31.4 Å². The maximum atomic E-state index is 10.9. The molecule has 1 N–H and O–H groups in total. The molecule has 0 aliphatic carbocycles. The molecule has 0 atom stereocenters. The van der Waals surface area contributed by atoms with Gasteiger partial charge in [0.05, 0.1) is 11.1 Å². The van der Waals surface area contributed by atoms with Crippen LogP contribution in [0.25, 0.3) is 0 Å². The third-order valence-corrected chi connectivity index (χ3v) is 3.63. The highest BCUT2D eigenvalue weighted by Crippen LogP contribution is 2.22. The Balaban J connectivity index is 1.65. The van der Waals surface area contributed by atoms with E-state index in [-0.39, 0.29) is 11.5 Å². The fraction of sp³-hybridized carbons (Fsp3) is 0.333. The summed E-state index contributed by atoms with van der Waals surface area (Å²) in [6.07, 6.45) is 6.56. The zero-order chi connectivity index (χ0) is 16.1. The van der Waals surface area contributed by atoms with Gasteiger partial charge in [0.2, 0.25) is 5.82 Å². The first-order valence-electron chi connectivity index (χ1n) is 7.47. The Morgan fingerprint density at radius 3 is 2.91 bits per heavy atom. The molecule has 8 nitrogen and oxygen atoms in total. The molecular weight excluding hydrogens is 298 g/mol. The molecule has 0 saturated carbocycles. The van der Waals surface area contributed by atoms with Gasteiger partial charge in [0.1, 0.15) is 5.76 Å². The van der Waals surface area contributed by atoms with E-state index >= 15 is 0 Å². The summed E-state index contributed by atoms with van der Waals surface area (Å²) in [5, 5.41) is 14.8. The van der Waals surface area contributed by atoms with Crippen molar-refractivity contribution < 1.29 is 9.34 Å². The van der Waals surface area contributed by atoms with Crippen molar-refractivity contribution >= 4 is 23.6 Å². The molecule has 0 amide bonds. The van der Waals surface area contributed by atoms with Crippen LogP contribution in [-0.2, 0) is 0 Å². The summed E-state index contributed by atoms with van der Waals surface area (Å²) in [6, 6.07) is 6.61. The lowest BCUT2D eigenvalue weighted by atomic mass is 10.1. The Kier molecular flexibility index (Phi) is 4.51. The molecule has 23 heavy (non-hydrogen) atoms. The van der Waals surface area contributed by atoms with Crippen LogP contribution in [-0.4, -0.2) is 29.2 Å². The number of nitrogens with zero attached hydrogens (tertiary/aromatic N) is 4. The fourth-order valence-corrected chi connectivity index (χ4v) is 2.48. The molecule has 3 heterocycles. The summed E-state index contributed by atoms with van der Waals surface area (Å²) in [5.41, 5.74) is 2.45. The van der Waals surface area contributed by atoms with Crippen LogP contribution >= 0.6 is 0 Å². The lowest BCUT2D eigenvalue weighted by molar-refractivity contribution is -0.384. The lowest BCUT2D eigenvalue weighted by Gasteiger charge is -2.25. The third kappa shape index (κ3) is 3.65. The third-order valence-electron chi connectivity index (χ3n) is 3.63. The molecule has 0 radical (unpaired) electrons. The molecule has 1 saturated heterocycles. The smallest absolute Gasteiger partial charge is 0.313 e. The van der Waals surface area contributed by atoms with Crippen molar-refractivity contribution in [2.45, 2.75) is 19.3 Å². The normalized spacial score (nSPS) is 15.0. The van der Waals surface area contributed by atoms with E-state index in [9.17, 15) is 10.1 Å². The van der Waals surface area contributed by atoms with E-state index in [1.165, 1.54) is 43.8 Å². The van der Waals surface area contributed by atoms with Gasteiger partial charge in [-0.3, -0.25) is 15.5 Å². The maximum Gasteiger partial charge on any atom is 0.313 e. The highest BCUT2D eigenvalue weighted by molar-refractivity contribution is 5.77. The maximum absolute atomic E-state index is 10.9. The predicted octanol–water partition coefficient (Wildman–Crippen LogP) is 3.02. The summed E-state index contributed by atoms with van der Waals surface area (Å²) >= 11 is 0. The van der Waals surface area contributed by atoms with Crippen molar-refractivity contribution in [1.29, 1.82) is 0 Å². The number of furan rings is 1. The Labute approximate surface area is 133 Å².